The van der Waals surface area contributed by atoms with E-state index in [9.17, 15) is 0 Å². The van der Waals surface area contributed by atoms with Crippen molar-refractivity contribution >= 4 is 27.3 Å². The highest BCUT2D eigenvalue weighted by Gasteiger charge is 2.14. The molecular formula is C14H16BrNOS. The van der Waals surface area contributed by atoms with Crippen LogP contribution < -0.4 is 4.74 Å². The fourth-order valence-electron chi connectivity index (χ4n) is 1.93. The molecule has 4 heteroatoms. The summed E-state index contributed by atoms with van der Waals surface area (Å²) in [5, 5.41) is 3.05. The third-order valence-electron chi connectivity index (χ3n) is 2.91. The van der Waals surface area contributed by atoms with Crippen molar-refractivity contribution in [2.45, 2.75) is 26.7 Å². The minimum atomic E-state index is 0.433. The molecule has 0 saturated heterocycles. The minimum absolute atomic E-state index is 0.433. The van der Waals surface area contributed by atoms with Gasteiger partial charge in [0.05, 0.1) is 7.11 Å². The number of nitrogens with zero attached hydrogens (tertiary/aromatic N) is 1. The standard InChI is InChI=1S/C14H16BrNOS/c1-8(2)10-6-11(9(3)5-12(10)17-4)14-16-13(15)7-18-14/h5-8H,1-4H3. The van der Waals surface area contributed by atoms with Gasteiger partial charge in [0.2, 0.25) is 0 Å². The Hall–Kier alpha value is -0.870. The molecule has 0 unspecified atom stereocenters. The molecule has 2 nitrogen and oxygen atoms in total. The van der Waals surface area contributed by atoms with E-state index in [1.54, 1.807) is 18.4 Å². The van der Waals surface area contributed by atoms with Gasteiger partial charge in [-0.1, -0.05) is 13.8 Å². The minimum Gasteiger partial charge on any atom is -0.496 e. The first kappa shape index (κ1) is 13.6. The number of benzene rings is 1. The second-order valence-corrected chi connectivity index (χ2v) is 6.21. The Balaban J connectivity index is 2.58. The third-order valence-corrected chi connectivity index (χ3v) is 4.49. The zero-order valence-corrected chi connectivity index (χ0v) is 13.4. The van der Waals surface area contributed by atoms with Crippen molar-refractivity contribution in [2.24, 2.45) is 0 Å². The van der Waals surface area contributed by atoms with E-state index in [0.717, 1.165) is 15.4 Å². The average Bonchev–Trinajstić information content (AvgIpc) is 2.74. The maximum absolute atomic E-state index is 5.46. The first-order valence-corrected chi connectivity index (χ1v) is 7.50. The summed E-state index contributed by atoms with van der Waals surface area (Å²) < 4.78 is 6.35. The molecule has 0 fully saturated rings. The SMILES string of the molecule is COc1cc(C)c(-c2nc(Br)cs2)cc1C(C)C. The van der Waals surface area contributed by atoms with E-state index < -0.39 is 0 Å². The van der Waals surface area contributed by atoms with Crippen molar-refractivity contribution in [1.82, 2.24) is 4.98 Å². The van der Waals surface area contributed by atoms with Gasteiger partial charge in [0.25, 0.3) is 0 Å². The number of hydrogen-bond acceptors (Lipinski definition) is 3. The summed E-state index contributed by atoms with van der Waals surface area (Å²) in [5.74, 6) is 1.39. The molecular weight excluding hydrogens is 310 g/mol. The summed E-state index contributed by atoms with van der Waals surface area (Å²) in [6.45, 7) is 6.45. The second-order valence-electron chi connectivity index (χ2n) is 4.54. The lowest BCUT2D eigenvalue weighted by Gasteiger charge is -2.15. The Kier molecular flexibility index (Phi) is 4.07. The zero-order valence-electron chi connectivity index (χ0n) is 11.0. The van der Waals surface area contributed by atoms with Crippen LogP contribution in [0.2, 0.25) is 0 Å². The normalized spacial score (nSPS) is 11.0. The molecule has 0 atom stereocenters. The highest BCUT2D eigenvalue weighted by molar-refractivity contribution is 9.10. The number of methoxy groups -OCH3 is 1. The van der Waals surface area contributed by atoms with Crippen molar-refractivity contribution in [1.29, 1.82) is 0 Å². The van der Waals surface area contributed by atoms with Gasteiger partial charge in [-0.25, -0.2) is 4.98 Å². The molecule has 1 heterocycles. The molecule has 1 aromatic heterocycles. The van der Waals surface area contributed by atoms with Crippen LogP contribution in [-0.4, -0.2) is 12.1 Å². The Labute approximate surface area is 120 Å². The Morgan fingerprint density at radius 2 is 2.06 bits per heavy atom. The highest BCUT2D eigenvalue weighted by atomic mass is 79.9. The molecule has 0 radical (unpaired) electrons. The van der Waals surface area contributed by atoms with Crippen molar-refractivity contribution in [3.8, 4) is 16.3 Å². The van der Waals surface area contributed by atoms with Gasteiger partial charge in [-0.15, -0.1) is 11.3 Å². The molecule has 0 saturated carbocycles. The van der Waals surface area contributed by atoms with E-state index in [1.165, 1.54) is 16.7 Å². The monoisotopic (exact) mass is 325 g/mol. The molecule has 0 aliphatic heterocycles. The largest absolute Gasteiger partial charge is 0.496 e. The predicted octanol–water partition coefficient (Wildman–Crippen LogP) is 5.01. The lowest BCUT2D eigenvalue weighted by atomic mass is 9.96. The van der Waals surface area contributed by atoms with Gasteiger partial charge in [-0.3, -0.25) is 0 Å². The van der Waals surface area contributed by atoms with Crippen molar-refractivity contribution < 1.29 is 4.74 Å². The molecule has 2 aromatic rings. The van der Waals surface area contributed by atoms with Crippen LogP contribution in [0.4, 0.5) is 0 Å². The molecule has 0 bridgehead atoms. The fraction of sp³-hybridized carbons (Fsp3) is 0.357. The summed E-state index contributed by atoms with van der Waals surface area (Å²) in [7, 11) is 1.72. The number of aromatic nitrogens is 1. The van der Waals surface area contributed by atoms with Crippen LogP contribution in [-0.2, 0) is 0 Å². The van der Waals surface area contributed by atoms with E-state index >= 15 is 0 Å². The molecule has 1 aromatic carbocycles. The van der Waals surface area contributed by atoms with Crippen LogP contribution in [0.3, 0.4) is 0 Å². The molecule has 0 aliphatic rings. The smallest absolute Gasteiger partial charge is 0.124 e. The van der Waals surface area contributed by atoms with E-state index in [2.05, 4.69) is 53.8 Å². The maximum atomic E-state index is 5.46. The van der Waals surface area contributed by atoms with Gasteiger partial charge in [-0.05, 0) is 52.0 Å². The Morgan fingerprint density at radius 1 is 1.33 bits per heavy atom. The summed E-state index contributed by atoms with van der Waals surface area (Å²) in [5.41, 5.74) is 3.61. The first-order chi connectivity index (χ1) is 8.52. The lowest BCUT2D eigenvalue weighted by molar-refractivity contribution is 0.407. The summed E-state index contributed by atoms with van der Waals surface area (Å²) in [4.78, 5) is 4.49. The fourth-order valence-corrected chi connectivity index (χ4v) is 3.27. The van der Waals surface area contributed by atoms with Gasteiger partial charge in [0, 0.05) is 10.9 Å². The number of thiazole rings is 1. The van der Waals surface area contributed by atoms with E-state index in [0.29, 0.717) is 5.92 Å². The van der Waals surface area contributed by atoms with Crippen LogP contribution in [0.15, 0.2) is 22.1 Å². The van der Waals surface area contributed by atoms with Crippen molar-refractivity contribution in [3.05, 3.63) is 33.2 Å². The summed E-state index contributed by atoms with van der Waals surface area (Å²) >= 11 is 5.06. The van der Waals surface area contributed by atoms with Crippen LogP contribution in [0.5, 0.6) is 5.75 Å². The van der Waals surface area contributed by atoms with Crippen molar-refractivity contribution in [3.63, 3.8) is 0 Å². The molecule has 18 heavy (non-hydrogen) atoms. The van der Waals surface area contributed by atoms with E-state index in [1.807, 2.05) is 5.38 Å². The summed E-state index contributed by atoms with van der Waals surface area (Å²) in [6.07, 6.45) is 0. The predicted molar refractivity (Wildman–Crippen MR) is 80.6 cm³/mol. The van der Waals surface area contributed by atoms with Gasteiger partial charge in [0.15, 0.2) is 0 Å². The molecule has 2 rings (SSSR count). The van der Waals surface area contributed by atoms with E-state index in [-0.39, 0.29) is 0 Å². The van der Waals surface area contributed by atoms with Crippen LogP contribution in [0.25, 0.3) is 10.6 Å². The Bertz CT molecular complexity index is 563. The average molecular weight is 326 g/mol. The molecule has 0 amide bonds. The van der Waals surface area contributed by atoms with Gasteiger partial charge < -0.3 is 4.74 Å². The number of aryl methyl sites for hydroxylation is 1. The first-order valence-electron chi connectivity index (χ1n) is 5.83. The zero-order chi connectivity index (χ0) is 13.3. The van der Waals surface area contributed by atoms with E-state index in [4.69, 9.17) is 4.74 Å². The van der Waals surface area contributed by atoms with Crippen LogP contribution >= 0.6 is 27.3 Å². The number of ether oxygens (including phenoxy) is 1. The summed E-state index contributed by atoms with van der Waals surface area (Å²) in [6, 6.07) is 4.30. The molecule has 0 N–H and O–H groups in total. The molecule has 96 valence electrons. The maximum Gasteiger partial charge on any atom is 0.124 e. The number of halogens is 1. The quantitative estimate of drug-likeness (QED) is 0.791. The lowest BCUT2D eigenvalue weighted by Crippen LogP contribution is -1.97. The van der Waals surface area contributed by atoms with Crippen LogP contribution in [0, 0.1) is 6.92 Å². The van der Waals surface area contributed by atoms with Gasteiger partial charge in [-0.2, -0.15) is 0 Å². The molecule has 0 spiro atoms. The van der Waals surface area contributed by atoms with Crippen molar-refractivity contribution in [2.75, 3.05) is 7.11 Å². The Morgan fingerprint density at radius 3 is 2.56 bits per heavy atom. The molecule has 0 aliphatic carbocycles. The van der Waals surface area contributed by atoms with Gasteiger partial charge in [0.1, 0.15) is 15.4 Å². The number of hydrogen-bond donors (Lipinski definition) is 0. The number of rotatable bonds is 3. The third kappa shape index (κ3) is 2.59. The highest BCUT2D eigenvalue weighted by Crippen LogP contribution is 2.36. The van der Waals surface area contributed by atoms with Gasteiger partial charge >= 0.3 is 0 Å². The van der Waals surface area contributed by atoms with Crippen LogP contribution in [0.1, 0.15) is 30.9 Å². The topological polar surface area (TPSA) is 22.1 Å². The second kappa shape index (κ2) is 5.41.